The van der Waals surface area contributed by atoms with Crippen LogP contribution >= 0.6 is 12.0 Å². The molecule has 0 aromatic carbocycles. The van der Waals surface area contributed by atoms with Crippen molar-refractivity contribution in [3.05, 3.63) is 71.8 Å². The second-order valence-electron chi connectivity index (χ2n) is 9.38. The highest BCUT2D eigenvalue weighted by Gasteiger charge is 2.32. The van der Waals surface area contributed by atoms with Crippen LogP contribution in [0.4, 0.5) is 0 Å². The van der Waals surface area contributed by atoms with Gasteiger partial charge in [0.1, 0.15) is 11.6 Å². The first-order valence-electron chi connectivity index (χ1n) is 12.4. The van der Waals surface area contributed by atoms with Crippen LogP contribution in [0.15, 0.2) is 81.8 Å². The van der Waals surface area contributed by atoms with Crippen molar-refractivity contribution in [1.29, 1.82) is 5.26 Å². The van der Waals surface area contributed by atoms with E-state index in [1.54, 1.807) is 12.3 Å². The maximum Gasteiger partial charge on any atom is 0.132 e. The molecule has 2 aliphatic heterocycles. The SMILES string of the molecule is C=CC(=N/C=C(\C)OCC)N1CCCC(C)(CN2C=NC3=CC=C(C#N)C=CC32)CCCOSC1=C. The number of nitrogens with zero attached hydrogens (tertiary/aromatic N) is 5. The molecular weight excluding hydrogens is 470 g/mol. The van der Waals surface area contributed by atoms with E-state index in [2.05, 4.69) is 52.0 Å². The molecule has 0 bridgehead atoms. The molecule has 36 heavy (non-hydrogen) atoms. The molecular formula is C28H37N5O2S. The number of aliphatic imine (C=N–C) groups is 2. The third-order valence-corrected chi connectivity index (χ3v) is 7.13. The van der Waals surface area contributed by atoms with Gasteiger partial charge in [-0.2, -0.15) is 5.26 Å². The molecule has 0 radical (unpaired) electrons. The number of nitriles is 1. The van der Waals surface area contributed by atoms with E-state index < -0.39 is 0 Å². The van der Waals surface area contributed by atoms with E-state index >= 15 is 0 Å². The van der Waals surface area contributed by atoms with E-state index in [1.165, 1.54) is 12.0 Å². The first-order chi connectivity index (χ1) is 17.4. The molecule has 1 saturated heterocycles. The van der Waals surface area contributed by atoms with Crippen LogP contribution in [0, 0.1) is 16.7 Å². The summed E-state index contributed by atoms with van der Waals surface area (Å²) < 4.78 is 11.4. The summed E-state index contributed by atoms with van der Waals surface area (Å²) in [4.78, 5) is 13.6. The van der Waals surface area contributed by atoms with Crippen molar-refractivity contribution in [3.63, 3.8) is 0 Å². The molecule has 2 unspecified atom stereocenters. The van der Waals surface area contributed by atoms with Crippen molar-refractivity contribution in [2.24, 2.45) is 15.4 Å². The molecule has 2 heterocycles. The lowest BCUT2D eigenvalue weighted by molar-refractivity contribution is 0.178. The molecule has 7 nitrogen and oxygen atoms in total. The van der Waals surface area contributed by atoms with Crippen LogP contribution in [0.5, 0.6) is 0 Å². The molecule has 8 heteroatoms. The Hall–Kier alpha value is -3.02. The van der Waals surface area contributed by atoms with Gasteiger partial charge < -0.3 is 18.7 Å². The third-order valence-electron chi connectivity index (χ3n) is 6.44. The van der Waals surface area contributed by atoms with Crippen LogP contribution < -0.4 is 0 Å². The first-order valence-corrected chi connectivity index (χ1v) is 13.2. The predicted molar refractivity (Wildman–Crippen MR) is 149 cm³/mol. The number of hydrogen-bond acceptors (Lipinski definition) is 7. The number of ether oxygens (including phenoxy) is 1. The second kappa shape index (κ2) is 13.3. The van der Waals surface area contributed by atoms with Crippen LogP contribution in [0.2, 0.25) is 0 Å². The summed E-state index contributed by atoms with van der Waals surface area (Å²) in [5, 5.41) is 10.1. The van der Waals surface area contributed by atoms with Crippen LogP contribution in [0.25, 0.3) is 0 Å². The topological polar surface area (TPSA) is 73.5 Å². The van der Waals surface area contributed by atoms with Crippen LogP contribution in [0.3, 0.4) is 0 Å². The van der Waals surface area contributed by atoms with E-state index in [9.17, 15) is 5.26 Å². The monoisotopic (exact) mass is 507 g/mol. The van der Waals surface area contributed by atoms with Gasteiger partial charge in [0.05, 0.1) is 54.2 Å². The Morgan fingerprint density at radius 1 is 1.42 bits per heavy atom. The van der Waals surface area contributed by atoms with Gasteiger partial charge in [-0.05, 0) is 69.2 Å². The first kappa shape index (κ1) is 27.6. The Bertz CT molecular complexity index is 1050. The summed E-state index contributed by atoms with van der Waals surface area (Å²) in [7, 11) is 0. The zero-order chi connectivity index (χ0) is 26.0. The predicted octanol–water partition coefficient (Wildman–Crippen LogP) is 6.10. The second-order valence-corrected chi connectivity index (χ2v) is 10.3. The van der Waals surface area contributed by atoms with Gasteiger partial charge in [0.25, 0.3) is 0 Å². The van der Waals surface area contributed by atoms with Crippen LogP contribution in [0.1, 0.15) is 46.5 Å². The lowest BCUT2D eigenvalue weighted by atomic mass is 9.80. The number of allylic oxidation sites excluding steroid dienone is 5. The molecule has 192 valence electrons. The summed E-state index contributed by atoms with van der Waals surface area (Å²) in [6, 6.07) is 2.28. The van der Waals surface area contributed by atoms with Gasteiger partial charge in [0, 0.05) is 25.1 Å². The van der Waals surface area contributed by atoms with Crippen molar-refractivity contribution < 1.29 is 8.92 Å². The minimum atomic E-state index is 0.0602. The summed E-state index contributed by atoms with van der Waals surface area (Å²) in [5.41, 5.74) is 1.69. The maximum absolute atomic E-state index is 9.26. The number of hydrogen-bond donors (Lipinski definition) is 0. The molecule has 0 spiro atoms. The van der Waals surface area contributed by atoms with E-state index in [0.29, 0.717) is 18.8 Å². The van der Waals surface area contributed by atoms with E-state index in [4.69, 9.17) is 8.92 Å². The van der Waals surface area contributed by atoms with Gasteiger partial charge >= 0.3 is 0 Å². The Balaban J connectivity index is 1.73. The molecule has 1 aliphatic carbocycles. The fraction of sp³-hybridized carbons (Fsp3) is 0.464. The molecule has 3 rings (SSSR count). The summed E-state index contributed by atoms with van der Waals surface area (Å²) in [5.74, 6) is 1.48. The summed E-state index contributed by atoms with van der Waals surface area (Å²) >= 11 is 1.30. The highest BCUT2D eigenvalue weighted by atomic mass is 32.2. The number of fused-ring (bicyclic) bond motifs is 1. The van der Waals surface area contributed by atoms with Crippen LogP contribution in [-0.4, -0.2) is 54.3 Å². The zero-order valence-electron chi connectivity index (χ0n) is 21.7. The minimum Gasteiger partial charge on any atom is -0.497 e. The number of rotatable bonds is 6. The Kier molecular flexibility index (Phi) is 10.2. The highest BCUT2D eigenvalue weighted by Crippen LogP contribution is 2.35. The van der Waals surface area contributed by atoms with Gasteiger partial charge in [-0.3, -0.25) is 0 Å². The standard InChI is InChI=1S/C28H37N5O2S/c1-6-27(30-19-22(3)34-7-2)33-16-8-14-28(5,15-9-17-35-36-23(33)4)20-32-21-31-25-12-10-24(18-29)11-13-26(25)32/h6,10-13,19,21,26H,1,4,7-9,14-17,20H2,2-3,5H3/b22-19+,30-27?. The highest BCUT2D eigenvalue weighted by molar-refractivity contribution is 7.98. The Morgan fingerprint density at radius 3 is 2.97 bits per heavy atom. The van der Waals surface area contributed by atoms with Crippen LogP contribution in [-0.2, 0) is 8.92 Å². The van der Waals surface area contributed by atoms with Crippen molar-refractivity contribution in [3.8, 4) is 6.07 Å². The molecule has 0 amide bonds. The van der Waals surface area contributed by atoms with E-state index in [1.807, 2.05) is 38.4 Å². The van der Waals surface area contributed by atoms with Crippen molar-refractivity contribution in [2.45, 2.75) is 52.5 Å². The lowest BCUT2D eigenvalue weighted by Gasteiger charge is -2.36. The molecule has 3 aliphatic rings. The fourth-order valence-electron chi connectivity index (χ4n) is 4.57. The summed E-state index contributed by atoms with van der Waals surface area (Å²) in [6.45, 7) is 17.3. The van der Waals surface area contributed by atoms with Gasteiger partial charge in [0.15, 0.2) is 0 Å². The fourth-order valence-corrected chi connectivity index (χ4v) is 5.18. The van der Waals surface area contributed by atoms with Gasteiger partial charge in [-0.15, -0.1) is 0 Å². The van der Waals surface area contributed by atoms with E-state index in [0.717, 1.165) is 61.1 Å². The molecule has 0 aromatic rings. The van der Waals surface area contributed by atoms with Crippen molar-refractivity contribution >= 4 is 24.2 Å². The molecule has 0 aromatic heterocycles. The average molecular weight is 508 g/mol. The smallest absolute Gasteiger partial charge is 0.132 e. The Labute approximate surface area is 220 Å². The molecule has 1 fully saturated rings. The number of amidine groups is 1. The van der Waals surface area contributed by atoms with E-state index in [-0.39, 0.29) is 11.5 Å². The van der Waals surface area contributed by atoms with Crippen molar-refractivity contribution in [2.75, 3.05) is 26.3 Å². The quantitative estimate of drug-likeness (QED) is 0.187. The maximum atomic E-state index is 9.26. The molecule has 2 atom stereocenters. The molecule has 0 saturated carbocycles. The Morgan fingerprint density at radius 2 is 2.22 bits per heavy atom. The van der Waals surface area contributed by atoms with Gasteiger partial charge in [-0.25, -0.2) is 9.98 Å². The third kappa shape index (κ3) is 7.49. The average Bonchev–Trinajstić information content (AvgIpc) is 3.09. The largest absolute Gasteiger partial charge is 0.497 e. The molecule has 0 N–H and O–H groups in total. The minimum absolute atomic E-state index is 0.0602. The summed E-state index contributed by atoms with van der Waals surface area (Å²) in [6.07, 6.45) is 17.2. The zero-order valence-corrected chi connectivity index (χ0v) is 22.5. The normalized spacial score (nSPS) is 25.8. The van der Waals surface area contributed by atoms with Crippen molar-refractivity contribution in [1.82, 2.24) is 9.80 Å². The van der Waals surface area contributed by atoms with Gasteiger partial charge in [0.2, 0.25) is 0 Å². The lowest BCUT2D eigenvalue weighted by Crippen LogP contribution is -2.39. The van der Waals surface area contributed by atoms with Gasteiger partial charge in [-0.1, -0.05) is 26.2 Å².